The number of hydrogen-bond donors (Lipinski definition) is 0. The molecule has 1 fully saturated rings. The summed E-state index contributed by atoms with van der Waals surface area (Å²) in [6.45, 7) is 3.63. The third-order valence-corrected chi connectivity index (χ3v) is 2.99. The average Bonchev–Trinajstić information content (AvgIpc) is 2.05. The Morgan fingerprint density at radius 2 is 1.92 bits per heavy atom. The van der Waals surface area contributed by atoms with Crippen LogP contribution in [0.2, 0.25) is 0 Å². The van der Waals surface area contributed by atoms with Crippen LogP contribution in [0.25, 0.3) is 0 Å². The maximum Gasteiger partial charge on any atom is 0.132 e. The van der Waals surface area contributed by atoms with E-state index >= 15 is 0 Å². The van der Waals surface area contributed by atoms with Gasteiger partial charge in [0.25, 0.3) is 0 Å². The molecule has 68 valence electrons. The Bertz CT molecular complexity index is 188. The summed E-state index contributed by atoms with van der Waals surface area (Å²) in [5.41, 5.74) is -0.147. The molecule has 0 saturated heterocycles. The summed E-state index contributed by atoms with van der Waals surface area (Å²) in [6.07, 6.45) is 4.58. The van der Waals surface area contributed by atoms with E-state index < -0.39 is 0 Å². The molecule has 1 saturated carbocycles. The molecule has 0 amide bonds. The second kappa shape index (κ2) is 3.38. The van der Waals surface area contributed by atoms with Crippen molar-refractivity contribution >= 4 is 12.1 Å². The third kappa shape index (κ3) is 1.93. The first-order valence-electron chi connectivity index (χ1n) is 4.54. The van der Waals surface area contributed by atoms with E-state index in [0.717, 1.165) is 32.0 Å². The van der Waals surface area contributed by atoms with Crippen molar-refractivity contribution in [3.63, 3.8) is 0 Å². The average molecular weight is 168 g/mol. The van der Waals surface area contributed by atoms with Crippen molar-refractivity contribution in [1.29, 1.82) is 0 Å². The van der Waals surface area contributed by atoms with E-state index in [4.69, 9.17) is 0 Å². The summed E-state index contributed by atoms with van der Waals surface area (Å²) < 4.78 is 0. The summed E-state index contributed by atoms with van der Waals surface area (Å²) in [6, 6.07) is 0. The van der Waals surface area contributed by atoms with Gasteiger partial charge in [-0.05, 0) is 32.6 Å². The zero-order valence-electron chi connectivity index (χ0n) is 7.80. The smallest absolute Gasteiger partial charge is 0.132 e. The molecule has 2 nitrogen and oxygen atoms in total. The number of hydrogen-bond acceptors (Lipinski definition) is 2. The Labute approximate surface area is 73.3 Å². The fraction of sp³-hybridized carbons (Fsp3) is 0.800. The summed E-state index contributed by atoms with van der Waals surface area (Å²) in [5.74, 6) is 0.501. The largest absolute Gasteiger partial charge is 0.303 e. The van der Waals surface area contributed by atoms with Gasteiger partial charge < -0.3 is 4.79 Å². The van der Waals surface area contributed by atoms with Gasteiger partial charge in [-0.3, -0.25) is 4.79 Å². The van der Waals surface area contributed by atoms with Crippen LogP contribution in [0.5, 0.6) is 0 Å². The fourth-order valence-corrected chi connectivity index (χ4v) is 1.80. The predicted octanol–water partition coefficient (Wildman–Crippen LogP) is 1.97. The van der Waals surface area contributed by atoms with E-state index in [1.54, 1.807) is 6.92 Å². The van der Waals surface area contributed by atoms with Gasteiger partial charge in [0.2, 0.25) is 0 Å². The maximum absolute atomic E-state index is 11.0. The van der Waals surface area contributed by atoms with Gasteiger partial charge in [-0.2, -0.15) is 0 Å². The van der Waals surface area contributed by atoms with E-state index in [1.807, 2.05) is 6.92 Å². The molecule has 2 heteroatoms. The van der Waals surface area contributed by atoms with Crippen molar-refractivity contribution < 1.29 is 9.59 Å². The van der Waals surface area contributed by atoms with Gasteiger partial charge in [0.1, 0.15) is 12.1 Å². The van der Waals surface area contributed by atoms with Crippen LogP contribution < -0.4 is 0 Å². The standard InChI is InChI=1S/C10H16O2/c1-8(12)9-3-5-10(2,7-11)6-4-9/h7,9H,3-6H2,1-2H3. The quantitative estimate of drug-likeness (QED) is 0.591. The van der Waals surface area contributed by atoms with Gasteiger partial charge >= 0.3 is 0 Å². The molecule has 0 atom stereocenters. The Morgan fingerprint density at radius 1 is 1.42 bits per heavy atom. The molecular formula is C10H16O2. The highest BCUT2D eigenvalue weighted by Crippen LogP contribution is 2.37. The lowest BCUT2D eigenvalue weighted by molar-refractivity contribution is -0.125. The maximum atomic E-state index is 11.0. The number of carbonyl (C=O) groups excluding carboxylic acids is 2. The topological polar surface area (TPSA) is 34.1 Å². The van der Waals surface area contributed by atoms with Crippen LogP contribution in [0.15, 0.2) is 0 Å². The molecule has 0 spiro atoms. The van der Waals surface area contributed by atoms with Gasteiger partial charge in [-0.25, -0.2) is 0 Å². The van der Waals surface area contributed by atoms with Gasteiger partial charge in [-0.1, -0.05) is 6.92 Å². The van der Waals surface area contributed by atoms with Crippen LogP contribution in [-0.4, -0.2) is 12.1 Å². The van der Waals surface area contributed by atoms with E-state index in [1.165, 1.54) is 0 Å². The summed E-state index contributed by atoms with van der Waals surface area (Å²) in [5, 5.41) is 0. The van der Waals surface area contributed by atoms with Gasteiger partial charge in [0.05, 0.1) is 0 Å². The normalized spacial score (nSPS) is 36.0. The molecule has 0 bridgehead atoms. The molecule has 0 N–H and O–H groups in total. The lowest BCUT2D eigenvalue weighted by Crippen LogP contribution is -2.28. The second-order valence-electron chi connectivity index (χ2n) is 4.16. The van der Waals surface area contributed by atoms with Gasteiger partial charge in [0, 0.05) is 11.3 Å². The van der Waals surface area contributed by atoms with Crippen molar-refractivity contribution in [1.82, 2.24) is 0 Å². The van der Waals surface area contributed by atoms with Crippen molar-refractivity contribution in [2.24, 2.45) is 11.3 Å². The highest BCUT2D eigenvalue weighted by atomic mass is 16.1. The van der Waals surface area contributed by atoms with Crippen molar-refractivity contribution in [3.8, 4) is 0 Å². The number of carbonyl (C=O) groups is 2. The SMILES string of the molecule is CC(=O)C1CCC(C)(C=O)CC1. The Balaban J connectivity index is 2.49. The van der Waals surface area contributed by atoms with Crippen molar-refractivity contribution in [2.45, 2.75) is 39.5 Å². The molecule has 0 aromatic carbocycles. The molecule has 1 aliphatic carbocycles. The zero-order valence-corrected chi connectivity index (χ0v) is 7.80. The minimum atomic E-state index is -0.147. The molecule has 12 heavy (non-hydrogen) atoms. The Kier molecular flexibility index (Phi) is 2.65. The lowest BCUT2D eigenvalue weighted by atomic mass is 9.72. The van der Waals surface area contributed by atoms with Crippen LogP contribution in [0, 0.1) is 11.3 Å². The number of Topliss-reactive ketones (excluding diaryl/α,β-unsaturated/α-hetero) is 1. The van der Waals surface area contributed by atoms with Crippen molar-refractivity contribution in [2.75, 3.05) is 0 Å². The second-order valence-corrected chi connectivity index (χ2v) is 4.16. The predicted molar refractivity (Wildman–Crippen MR) is 46.8 cm³/mol. The van der Waals surface area contributed by atoms with Gasteiger partial charge in [-0.15, -0.1) is 0 Å². The summed E-state index contributed by atoms with van der Waals surface area (Å²) in [7, 11) is 0. The first kappa shape index (κ1) is 9.43. The number of ketones is 1. The van der Waals surface area contributed by atoms with E-state index in [2.05, 4.69) is 0 Å². The molecule has 0 aromatic heterocycles. The first-order valence-corrected chi connectivity index (χ1v) is 4.54. The van der Waals surface area contributed by atoms with Crippen LogP contribution in [0.1, 0.15) is 39.5 Å². The molecular weight excluding hydrogens is 152 g/mol. The van der Waals surface area contributed by atoms with E-state index in [9.17, 15) is 9.59 Å². The number of rotatable bonds is 2. The summed E-state index contributed by atoms with van der Waals surface area (Å²) in [4.78, 5) is 21.7. The molecule has 0 aliphatic heterocycles. The fourth-order valence-electron chi connectivity index (χ4n) is 1.80. The molecule has 1 rings (SSSR count). The molecule has 0 unspecified atom stereocenters. The van der Waals surface area contributed by atoms with Crippen LogP contribution in [-0.2, 0) is 9.59 Å². The monoisotopic (exact) mass is 168 g/mol. The van der Waals surface area contributed by atoms with Crippen LogP contribution >= 0.6 is 0 Å². The van der Waals surface area contributed by atoms with E-state index in [0.29, 0.717) is 0 Å². The van der Waals surface area contributed by atoms with E-state index in [-0.39, 0.29) is 17.1 Å². The summed E-state index contributed by atoms with van der Waals surface area (Å²) >= 11 is 0. The molecule has 0 heterocycles. The zero-order chi connectivity index (χ0) is 9.19. The van der Waals surface area contributed by atoms with Crippen LogP contribution in [0.4, 0.5) is 0 Å². The first-order chi connectivity index (χ1) is 5.57. The highest BCUT2D eigenvalue weighted by molar-refractivity contribution is 5.78. The lowest BCUT2D eigenvalue weighted by Gasteiger charge is -2.31. The van der Waals surface area contributed by atoms with Crippen LogP contribution in [0.3, 0.4) is 0 Å². The molecule has 0 aromatic rings. The minimum absolute atomic E-state index is 0.147. The van der Waals surface area contributed by atoms with Gasteiger partial charge in [0.15, 0.2) is 0 Å². The number of aldehydes is 1. The molecule has 0 radical (unpaired) electrons. The third-order valence-electron chi connectivity index (χ3n) is 2.99. The Hall–Kier alpha value is -0.660. The van der Waals surface area contributed by atoms with Crippen molar-refractivity contribution in [3.05, 3.63) is 0 Å². The highest BCUT2D eigenvalue weighted by Gasteiger charge is 2.32. The molecule has 1 aliphatic rings. The Morgan fingerprint density at radius 3 is 2.25 bits per heavy atom. The minimum Gasteiger partial charge on any atom is -0.303 e.